The van der Waals surface area contributed by atoms with Crippen molar-refractivity contribution < 1.29 is 19.4 Å². The normalized spacial score (nSPS) is 15.2. The number of carbonyl (C=O) groups excluding carboxylic acids is 1. The van der Waals surface area contributed by atoms with Crippen LogP contribution in [0, 0.1) is 0 Å². The first-order valence-electron chi connectivity index (χ1n) is 8.13. The molecule has 0 aromatic heterocycles. The molecular formula is C17H24N2O4. The third-order valence-electron chi connectivity index (χ3n) is 3.96. The Kier molecular flexibility index (Phi) is 6.40. The van der Waals surface area contributed by atoms with Gasteiger partial charge in [0.25, 0.3) is 0 Å². The first kappa shape index (κ1) is 17.3. The Morgan fingerprint density at radius 1 is 1.26 bits per heavy atom. The van der Waals surface area contributed by atoms with Crippen molar-refractivity contribution in [2.24, 2.45) is 0 Å². The number of carboxylic acids is 1. The standard InChI is InChI=1S/C17H24N2O4/c1-2-23-15-10-12(8-9-14(15)17(21)22)11-16(20)19-18-13-6-4-3-5-7-13/h8-10,13,18H,2-7,11H2,1H3,(H,19,20)(H,21,22). The van der Waals surface area contributed by atoms with E-state index in [2.05, 4.69) is 10.9 Å². The molecular weight excluding hydrogens is 296 g/mol. The van der Waals surface area contributed by atoms with Gasteiger partial charge in [-0.15, -0.1) is 0 Å². The van der Waals surface area contributed by atoms with Crippen LogP contribution in [0.4, 0.5) is 0 Å². The highest BCUT2D eigenvalue weighted by molar-refractivity contribution is 5.91. The van der Waals surface area contributed by atoms with Gasteiger partial charge in [0.15, 0.2) is 0 Å². The molecule has 0 aliphatic heterocycles. The van der Waals surface area contributed by atoms with Crippen molar-refractivity contribution in [1.82, 2.24) is 10.9 Å². The minimum atomic E-state index is -1.04. The van der Waals surface area contributed by atoms with Crippen LogP contribution < -0.4 is 15.6 Å². The van der Waals surface area contributed by atoms with Gasteiger partial charge >= 0.3 is 5.97 Å². The number of benzene rings is 1. The maximum Gasteiger partial charge on any atom is 0.339 e. The molecule has 0 radical (unpaired) electrons. The number of hydrazine groups is 1. The molecule has 6 heteroatoms. The van der Waals surface area contributed by atoms with Crippen LogP contribution in [0.2, 0.25) is 0 Å². The van der Waals surface area contributed by atoms with Crippen LogP contribution in [-0.2, 0) is 11.2 Å². The van der Waals surface area contributed by atoms with E-state index in [1.165, 1.54) is 25.3 Å². The van der Waals surface area contributed by atoms with Gasteiger partial charge in [-0.1, -0.05) is 25.3 Å². The topological polar surface area (TPSA) is 87.7 Å². The summed E-state index contributed by atoms with van der Waals surface area (Å²) in [4.78, 5) is 23.2. The van der Waals surface area contributed by atoms with Crippen molar-refractivity contribution in [3.63, 3.8) is 0 Å². The number of carbonyl (C=O) groups is 2. The van der Waals surface area contributed by atoms with E-state index in [1.807, 2.05) is 0 Å². The van der Waals surface area contributed by atoms with Crippen LogP contribution in [0.25, 0.3) is 0 Å². The smallest absolute Gasteiger partial charge is 0.339 e. The highest BCUT2D eigenvalue weighted by Crippen LogP contribution is 2.21. The minimum Gasteiger partial charge on any atom is -0.493 e. The molecule has 0 spiro atoms. The molecule has 1 aromatic rings. The van der Waals surface area contributed by atoms with E-state index >= 15 is 0 Å². The molecule has 0 saturated heterocycles. The maximum absolute atomic E-state index is 12.0. The molecule has 23 heavy (non-hydrogen) atoms. The number of ether oxygens (including phenoxy) is 1. The molecule has 3 N–H and O–H groups in total. The third kappa shape index (κ3) is 5.25. The predicted molar refractivity (Wildman–Crippen MR) is 86.4 cm³/mol. The summed E-state index contributed by atoms with van der Waals surface area (Å²) in [7, 11) is 0. The lowest BCUT2D eigenvalue weighted by molar-refractivity contribution is -0.121. The van der Waals surface area contributed by atoms with Gasteiger partial charge in [0.1, 0.15) is 11.3 Å². The van der Waals surface area contributed by atoms with E-state index in [-0.39, 0.29) is 17.9 Å². The van der Waals surface area contributed by atoms with Crippen LogP contribution in [0.3, 0.4) is 0 Å². The fourth-order valence-electron chi connectivity index (χ4n) is 2.79. The van der Waals surface area contributed by atoms with Crippen LogP contribution in [0.15, 0.2) is 18.2 Å². The molecule has 0 atom stereocenters. The minimum absolute atomic E-state index is 0.108. The van der Waals surface area contributed by atoms with Crippen LogP contribution in [0.1, 0.15) is 54.9 Å². The largest absolute Gasteiger partial charge is 0.493 e. The summed E-state index contributed by atoms with van der Waals surface area (Å²) in [5.74, 6) is -0.880. The molecule has 2 rings (SSSR count). The van der Waals surface area contributed by atoms with Crippen molar-refractivity contribution in [2.75, 3.05) is 6.61 Å². The van der Waals surface area contributed by atoms with Crippen molar-refractivity contribution in [2.45, 2.75) is 51.5 Å². The average molecular weight is 320 g/mol. The van der Waals surface area contributed by atoms with Gasteiger partial charge in [-0.25, -0.2) is 10.2 Å². The molecule has 1 aliphatic carbocycles. The van der Waals surface area contributed by atoms with E-state index in [0.29, 0.717) is 18.4 Å². The van der Waals surface area contributed by atoms with Crippen molar-refractivity contribution in [1.29, 1.82) is 0 Å². The van der Waals surface area contributed by atoms with Gasteiger partial charge in [0.2, 0.25) is 5.91 Å². The van der Waals surface area contributed by atoms with Crippen molar-refractivity contribution >= 4 is 11.9 Å². The zero-order valence-electron chi connectivity index (χ0n) is 13.4. The van der Waals surface area contributed by atoms with E-state index in [0.717, 1.165) is 18.4 Å². The number of hydrogen-bond donors (Lipinski definition) is 3. The first-order valence-corrected chi connectivity index (χ1v) is 8.13. The Balaban J connectivity index is 1.91. The van der Waals surface area contributed by atoms with Gasteiger partial charge < -0.3 is 9.84 Å². The zero-order chi connectivity index (χ0) is 16.7. The second-order valence-corrected chi connectivity index (χ2v) is 5.77. The van der Waals surface area contributed by atoms with Crippen molar-refractivity contribution in [3.8, 4) is 5.75 Å². The SMILES string of the molecule is CCOc1cc(CC(=O)NNC2CCCCC2)ccc1C(=O)O. The Hall–Kier alpha value is -2.08. The van der Waals surface area contributed by atoms with Crippen molar-refractivity contribution in [3.05, 3.63) is 29.3 Å². The van der Waals surface area contributed by atoms with Gasteiger partial charge in [0, 0.05) is 6.04 Å². The Morgan fingerprint density at radius 2 is 2.00 bits per heavy atom. The second-order valence-electron chi connectivity index (χ2n) is 5.77. The fraction of sp³-hybridized carbons (Fsp3) is 0.529. The quantitative estimate of drug-likeness (QED) is 0.671. The van der Waals surface area contributed by atoms with E-state index in [1.54, 1.807) is 19.1 Å². The monoisotopic (exact) mass is 320 g/mol. The molecule has 0 bridgehead atoms. The molecule has 1 fully saturated rings. The molecule has 1 aromatic carbocycles. The molecule has 126 valence electrons. The highest BCUT2D eigenvalue weighted by Gasteiger charge is 2.15. The van der Waals surface area contributed by atoms with Gasteiger partial charge in [-0.2, -0.15) is 0 Å². The Bertz CT molecular complexity index is 554. The number of rotatable bonds is 7. The van der Waals surface area contributed by atoms with E-state index < -0.39 is 5.97 Å². The van der Waals surface area contributed by atoms with Gasteiger partial charge in [0.05, 0.1) is 13.0 Å². The van der Waals surface area contributed by atoms with E-state index in [9.17, 15) is 9.59 Å². The summed E-state index contributed by atoms with van der Waals surface area (Å²) in [6.07, 6.45) is 6.01. The van der Waals surface area contributed by atoms with Crippen LogP contribution in [0.5, 0.6) is 5.75 Å². The zero-order valence-corrected chi connectivity index (χ0v) is 13.4. The third-order valence-corrected chi connectivity index (χ3v) is 3.96. The second kappa shape index (κ2) is 8.53. The average Bonchev–Trinajstić information content (AvgIpc) is 2.54. The van der Waals surface area contributed by atoms with Crippen LogP contribution in [-0.4, -0.2) is 29.6 Å². The molecule has 0 heterocycles. The number of carboxylic acid groups (broad SMARTS) is 1. The first-order chi connectivity index (χ1) is 11.1. The molecule has 0 unspecified atom stereocenters. The van der Waals surface area contributed by atoms with Gasteiger partial charge in [-0.05, 0) is 37.5 Å². The molecule has 1 saturated carbocycles. The highest BCUT2D eigenvalue weighted by atomic mass is 16.5. The summed E-state index contributed by atoms with van der Waals surface area (Å²) in [6.45, 7) is 2.16. The molecule has 6 nitrogen and oxygen atoms in total. The van der Waals surface area contributed by atoms with E-state index in [4.69, 9.17) is 9.84 Å². The molecule has 1 amide bonds. The lowest BCUT2D eigenvalue weighted by atomic mass is 9.96. The Morgan fingerprint density at radius 3 is 2.65 bits per heavy atom. The fourth-order valence-corrected chi connectivity index (χ4v) is 2.79. The summed E-state index contributed by atoms with van der Waals surface area (Å²) in [6, 6.07) is 5.09. The predicted octanol–water partition coefficient (Wildman–Crippen LogP) is 2.28. The summed E-state index contributed by atoms with van der Waals surface area (Å²) in [5, 5.41) is 9.12. The summed E-state index contributed by atoms with van der Waals surface area (Å²) < 4.78 is 5.35. The lowest BCUT2D eigenvalue weighted by Gasteiger charge is -2.23. The number of amides is 1. The summed E-state index contributed by atoms with van der Waals surface area (Å²) >= 11 is 0. The summed E-state index contributed by atoms with van der Waals surface area (Å²) in [5.41, 5.74) is 6.66. The number of aromatic carboxylic acids is 1. The number of hydrogen-bond acceptors (Lipinski definition) is 4. The molecule has 1 aliphatic rings. The Labute approximate surface area is 136 Å². The number of nitrogens with one attached hydrogen (secondary N) is 2. The van der Waals surface area contributed by atoms with Gasteiger partial charge in [-0.3, -0.25) is 10.2 Å². The lowest BCUT2D eigenvalue weighted by Crippen LogP contribution is -2.45. The van der Waals surface area contributed by atoms with Crippen LogP contribution >= 0.6 is 0 Å². The maximum atomic E-state index is 12.0.